The van der Waals surface area contributed by atoms with Crippen LogP contribution in [0.5, 0.6) is 0 Å². The number of amides is 1. The van der Waals surface area contributed by atoms with E-state index in [1.54, 1.807) is 18.5 Å². The van der Waals surface area contributed by atoms with Crippen LogP contribution in [0.15, 0.2) is 22.9 Å². The van der Waals surface area contributed by atoms with E-state index in [2.05, 4.69) is 26.2 Å². The van der Waals surface area contributed by atoms with Gasteiger partial charge in [0.2, 0.25) is 0 Å². The van der Waals surface area contributed by atoms with Gasteiger partial charge in [-0.15, -0.1) is 0 Å². The molecule has 16 heavy (non-hydrogen) atoms. The predicted octanol–water partition coefficient (Wildman–Crippen LogP) is 1.75. The summed E-state index contributed by atoms with van der Waals surface area (Å²) in [4.78, 5) is 15.8. The summed E-state index contributed by atoms with van der Waals surface area (Å²) in [6.07, 6.45) is 5.19. The van der Waals surface area contributed by atoms with Crippen LogP contribution in [0.25, 0.3) is 0 Å². The molecule has 0 bridgehead atoms. The van der Waals surface area contributed by atoms with E-state index in [9.17, 15) is 4.79 Å². The van der Waals surface area contributed by atoms with Crippen LogP contribution in [0.1, 0.15) is 23.2 Å². The van der Waals surface area contributed by atoms with Crippen molar-refractivity contribution in [3.63, 3.8) is 0 Å². The molecule has 1 N–H and O–H groups in total. The van der Waals surface area contributed by atoms with E-state index in [0.717, 1.165) is 23.9 Å². The number of nitrogens with one attached hydrogen (secondary N) is 1. The Labute approximate surface area is 103 Å². The van der Waals surface area contributed by atoms with Crippen molar-refractivity contribution >= 4 is 21.8 Å². The van der Waals surface area contributed by atoms with Gasteiger partial charge in [0.05, 0.1) is 18.2 Å². The van der Waals surface area contributed by atoms with Crippen molar-refractivity contribution in [1.29, 1.82) is 0 Å². The number of pyridine rings is 1. The highest BCUT2D eigenvalue weighted by Gasteiger charge is 2.17. The topological polar surface area (TPSA) is 51.2 Å². The quantitative estimate of drug-likeness (QED) is 0.900. The highest BCUT2D eigenvalue weighted by Crippen LogP contribution is 2.11. The summed E-state index contributed by atoms with van der Waals surface area (Å²) in [6, 6.07) is 1.88. The normalized spacial score (nSPS) is 20.4. The minimum Gasteiger partial charge on any atom is -0.379 e. The van der Waals surface area contributed by atoms with E-state index in [1.807, 2.05) is 0 Å². The Morgan fingerprint density at radius 2 is 2.44 bits per heavy atom. The van der Waals surface area contributed by atoms with E-state index < -0.39 is 0 Å². The number of hydrogen-bond donors (Lipinski definition) is 1. The minimum atomic E-state index is -0.0932. The maximum Gasteiger partial charge on any atom is 0.253 e. The third-order valence-electron chi connectivity index (χ3n) is 2.46. The van der Waals surface area contributed by atoms with Crippen molar-refractivity contribution in [2.45, 2.75) is 18.9 Å². The number of nitrogens with zero attached hydrogens (tertiary/aromatic N) is 1. The molecular weight excluding hydrogens is 272 g/mol. The summed E-state index contributed by atoms with van der Waals surface area (Å²) in [5.74, 6) is -0.0932. The second-order valence-corrected chi connectivity index (χ2v) is 4.70. The standard InChI is InChI=1S/C11H13BrN2O2/c12-9-4-8(5-13-6-9)11(15)14-10-2-1-3-16-7-10/h4-6,10H,1-3,7H2,(H,14,15). The first kappa shape index (κ1) is 11.5. The average Bonchev–Trinajstić information content (AvgIpc) is 2.30. The van der Waals surface area contributed by atoms with Gasteiger partial charge in [0, 0.05) is 23.5 Å². The van der Waals surface area contributed by atoms with Crippen LogP contribution < -0.4 is 5.32 Å². The molecular formula is C11H13BrN2O2. The zero-order valence-corrected chi connectivity index (χ0v) is 10.4. The third kappa shape index (κ3) is 3.02. The minimum absolute atomic E-state index is 0.0932. The summed E-state index contributed by atoms with van der Waals surface area (Å²) in [7, 11) is 0. The fourth-order valence-electron chi connectivity index (χ4n) is 1.66. The Bertz CT molecular complexity index is 378. The molecule has 2 rings (SSSR count). The number of halogens is 1. The summed E-state index contributed by atoms with van der Waals surface area (Å²) in [5, 5.41) is 2.94. The first-order valence-electron chi connectivity index (χ1n) is 5.25. The number of ether oxygens (including phenoxy) is 1. The molecule has 1 aliphatic rings. The number of carbonyl (C=O) groups is 1. The number of rotatable bonds is 2. The van der Waals surface area contributed by atoms with E-state index in [0.29, 0.717) is 12.2 Å². The molecule has 1 fully saturated rings. The zero-order chi connectivity index (χ0) is 11.4. The highest BCUT2D eigenvalue weighted by atomic mass is 79.9. The second kappa shape index (κ2) is 5.41. The first-order chi connectivity index (χ1) is 7.75. The maximum atomic E-state index is 11.8. The first-order valence-corrected chi connectivity index (χ1v) is 6.04. The van der Waals surface area contributed by atoms with E-state index >= 15 is 0 Å². The Balaban J connectivity index is 1.97. The third-order valence-corrected chi connectivity index (χ3v) is 2.90. The molecule has 5 heteroatoms. The molecule has 0 saturated carbocycles. The highest BCUT2D eigenvalue weighted by molar-refractivity contribution is 9.10. The van der Waals surface area contributed by atoms with Crippen LogP contribution in [0.4, 0.5) is 0 Å². The van der Waals surface area contributed by atoms with Crippen molar-refractivity contribution in [2.75, 3.05) is 13.2 Å². The summed E-state index contributed by atoms with van der Waals surface area (Å²) in [6.45, 7) is 1.40. The lowest BCUT2D eigenvalue weighted by atomic mass is 10.1. The van der Waals surface area contributed by atoms with Crippen molar-refractivity contribution in [2.24, 2.45) is 0 Å². The smallest absolute Gasteiger partial charge is 0.253 e. The molecule has 1 saturated heterocycles. The lowest BCUT2D eigenvalue weighted by Gasteiger charge is -2.23. The number of carbonyl (C=O) groups excluding carboxylic acids is 1. The van der Waals surface area contributed by atoms with Crippen LogP contribution in [0.3, 0.4) is 0 Å². The fraction of sp³-hybridized carbons (Fsp3) is 0.455. The molecule has 1 aliphatic heterocycles. The lowest BCUT2D eigenvalue weighted by Crippen LogP contribution is -2.40. The van der Waals surface area contributed by atoms with Gasteiger partial charge in [-0.25, -0.2) is 0 Å². The maximum absolute atomic E-state index is 11.8. The van der Waals surface area contributed by atoms with E-state index in [1.165, 1.54) is 0 Å². The Morgan fingerprint density at radius 1 is 1.56 bits per heavy atom. The van der Waals surface area contributed by atoms with Crippen LogP contribution in [0.2, 0.25) is 0 Å². The van der Waals surface area contributed by atoms with Gasteiger partial charge < -0.3 is 10.1 Å². The van der Waals surface area contributed by atoms with Gasteiger partial charge in [0.15, 0.2) is 0 Å². The van der Waals surface area contributed by atoms with Crippen molar-refractivity contribution in [1.82, 2.24) is 10.3 Å². The molecule has 1 unspecified atom stereocenters. The Kier molecular flexibility index (Phi) is 3.90. The van der Waals surface area contributed by atoms with Gasteiger partial charge in [0.25, 0.3) is 5.91 Å². The molecule has 2 heterocycles. The molecule has 1 atom stereocenters. The van der Waals surface area contributed by atoms with E-state index in [-0.39, 0.29) is 11.9 Å². The molecule has 86 valence electrons. The van der Waals surface area contributed by atoms with Crippen molar-refractivity contribution in [3.8, 4) is 0 Å². The van der Waals surface area contributed by atoms with Gasteiger partial charge in [-0.3, -0.25) is 9.78 Å². The monoisotopic (exact) mass is 284 g/mol. The van der Waals surface area contributed by atoms with Gasteiger partial charge in [-0.2, -0.15) is 0 Å². The zero-order valence-electron chi connectivity index (χ0n) is 8.78. The van der Waals surface area contributed by atoms with Crippen LogP contribution >= 0.6 is 15.9 Å². The Morgan fingerprint density at radius 3 is 3.12 bits per heavy atom. The molecule has 0 aliphatic carbocycles. The average molecular weight is 285 g/mol. The molecule has 0 spiro atoms. The lowest BCUT2D eigenvalue weighted by molar-refractivity contribution is 0.0624. The number of aromatic nitrogens is 1. The molecule has 4 nitrogen and oxygen atoms in total. The largest absolute Gasteiger partial charge is 0.379 e. The molecule has 0 radical (unpaired) electrons. The van der Waals surface area contributed by atoms with Crippen LogP contribution in [0, 0.1) is 0 Å². The Hall–Kier alpha value is -0.940. The molecule has 1 amide bonds. The summed E-state index contributed by atoms with van der Waals surface area (Å²) < 4.78 is 6.11. The van der Waals surface area contributed by atoms with Crippen molar-refractivity contribution in [3.05, 3.63) is 28.5 Å². The van der Waals surface area contributed by atoms with Gasteiger partial charge in [-0.05, 0) is 34.8 Å². The van der Waals surface area contributed by atoms with Crippen LogP contribution in [-0.4, -0.2) is 30.1 Å². The fourth-order valence-corrected chi connectivity index (χ4v) is 2.02. The van der Waals surface area contributed by atoms with Crippen molar-refractivity contribution < 1.29 is 9.53 Å². The van der Waals surface area contributed by atoms with Crippen LogP contribution in [-0.2, 0) is 4.74 Å². The van der Waals surface area contributed by atoms with Gasteiger partial charge >= 0.3 is 0 Å². The molecule has 1 aromatic heterocycles. The molecule has 1 aromatic rings. The SMILES string of the molecule is O=C(NC1CCCOC1)c1cncc(Br)c1. The summed E-state index contributed by atoms with van der Waals surface area (Å²) in [5.41, 5.74) is 0.569. The van der Waals surface area contributed by atoms with E-state index in [4.69, 9.17) is 4.74 Å². The van der Waals surface area contributed by atoms with Gasteiger partial charge in [-0.1, -0.05) is 0 Å². The van der Waals surface area contributed by atoms with Gasteiger partial charge in [0.1, 0.15) is 0 Å². The summed E-state index contributed by atoms with van der Waals surface area (Å²) >= 11 is 3.29. The predicted molar refractivity (Wildman–Crippen MR) is 63.2 cm³/mol. The molecule has 0 aromatic carbocycles. The number of hydrogen-bond acceptors (Lipinski definition) is 3. The second-order valence-electron chi connectivity index (χ2n) is 3.78.